The highest BCUT2D eigenvalue weighted by atomic mass is 16.4. The second-order valence-corrected chi connectivity index (χ2v) is 6.34. The van der Waals surface area contributed by atoms with E-state index in [1.165, 1.54) is 0 Å². The van der Waals surface area contributed by atoms with Crippen LogP contribution in [0.5, 0.6) is 0 Å². The van der Waals surface area contributed by atoms with Crippen molar-refractivity contribution < 1.29 is 19.5 Å². The van der Waals surface area contributed by atoms with Gasteiger partial charge in [0.25, 0.3) is 0 Å². The summed E-state index contributed by atoms with van der Waals surface area (Å²) in [5.41, 5.74) is -0.673. The molecule has 0 aromatic carbocycles. The fourth-order valence-electron chi connectivity index (χ4n) is 3.49. The summed E-state index contributed by atoms with van der Waals surface area (Å²) in [7, 11) is 1.71. The summed E-state index contributed by atoms with van der Waals surface area (Å²) in [4.78, 5) is 38.8. The third-order valence-electron chi connectivity index (χ3n) is 4.90. The lowest BCUT2D eigenvalue weighted by Gasteiger charge is -2.39. The first-order valence-corrected chi connectivity index (χ1v) is 7.66. The van der Waals surface area contributed by atoms with Crippen molar-refractivity contribution in [3.63, 3.8) is 0 Å². The van der Waals surface area contributed by atoms with E-state index in [2.05, 4.69) is 0 Å². The van der Waals surface area contributed by atoms with Crippen LogP contribution in [0.1, 0.15) is 39.0 Å². The number of carbonyl (C=O) groups excluding carboxylic acids is 2. The Morgan fingerprint density at radius 2 is 1.95 bits per heavy atom. The molecule has 0 spiro atoms. The summed E-state index contributed by atoms with van der Waals surface area (Å²) >= 11 is 0. The zero-order chi connectivity index (χ0) is 15.6. The van der Waals surface area contributed by atoms with Gasteiger partial charge in [-0.25, -0.2) is 0 Å². The summed E-state index contributed by atoms with van der Waals surface area (Å²) in [6, 6.07) is 0. The highest BCUT2D eigenvalue weighted by Gasteiger charge is 2.43. The van der Waals surface area contributed by atoms with Gasteiger partial charge in [0, 0.05) is 33.1 Å². The molecule has 0 aromatic heterocycles. The predicted octanol–water partition coefficient (Wildman–Crippen LogP) is 0.958. The van der Waals surface area contributed by atoms with Gasteiger partial charge in [0.15, 0.2) is 0 Å². The number of likely N-dealkylation sites (tertiary alicyclic amines) is 2. The molecule has 2 aliphatic rings. The second-order valence-electron chi connectivity index (χ2n) is 6.34. The minimum atomic E-state index is -0.743. The molecule has 0 bridgehead atoms. The van der Waals surface area contributed by atoms with Crippen molar-refractivity contribution in [3.8, 4) is 0 Å². The Hall–Kier alpha value is -1.59. The van der Waals surface area contributed by atoms with Crippen molar-refractivity contribution in [1.29, 1.82) is 0 Å². The largest absolute Gasteiger partial charge is 0.481 e. The lowest BCUT2D eigenvalue weighted by atomic mass is 9.75. The van der Waals surface area contributed by atoms with Crippen molar-refractivity contribution in [1.82, 2.24) is 9.80 Å². The molecular weight excluding hydrogens is 272 g/mol. The van der Waals surface area contributed by atoms with Crippen molar-refractivity contribution in [2.24, 2.45) is 11.3 Å². The molecule has 118 valence electrons. The smallest absolute Gasteiger partial charge is 0.309 e. The van der Waals surface area contributed by atoms with Crippen LogP contribution in [0.4, 0.5) is 0 Å². The molecule has 21 heavy (non-hydrogen) atoms. The van der Waals surface area contributed by atoms with Crippen molar-refractivity contribution >= 4 is 17.8 Å². The van der Waals surface area contributed by atoms with E-state index in [0.717, 1.165) is 6.42 Å². The molecule has 2 rings (SSSR count). The van der Waals surface area contributed by atoms with Gasteiger partial charge in [-0.3, -0.25) is 14.4 Å². The van der Waals surface area contributed by atoms with E-state index in [0.29, 0.717) is 38.9 Å². The van der Waals surface area contributed by atoms with Crippen LogP contribution in [0.3, 0.4) is 0 Å². The Labute approximate surface area is 125 Å². The molecular formula is C15H24N2O4. The standard InChI is InChI=1S/C15H24N2O4/c1-3-4-15(14(20)21)5-7-17(8-6-15)13(19)11-9-12(18)16(2)10-11/h11H,3-10H2,1-2H3,(H,20,21). The van der Waals surface area contributed by atoms with E-state index in [4.69, 9.17) is 0 Å². The summed E-state index contributed by atoms with van der Waals surface area (Å²) in [6.07, 6.45) is 2.80. The van der Waals surface area contributed by atoms with Gasteiger partial charge < -0.3 is 14.9 Å². The molecule has 0 saturated carbocycles. The van der Waals surface area contributed by atoms with E-state index in [-0.39, 0.29) is 24.2 Å². The third-order valence-corrected chi connectivity index (χ3v) is 4.90. The monoisotopic (exact) mass is 296 g/mol. The molecule has 2 saturated heterocycles. The zero-order valence-electron chi connectivity index (χ0n) is 12.8. The molecule has 0 radical (unpaired) electrons. The van der Waals surface area contributed by atoms with Crippen LogP contribution in [0.25, 0.3) is 0 Å². The number of rotatable bonds is 4. The fraction of sp³-hybridized carbons (Fsp3) is 0.800. The van der Waals surface area contributed by atoms with Gasteiger partial charge in [-0.15, -0.1) is 0 Å². The zero-order valence-corrected chi connectivity index (χ0v) is 12.8. The van der Waals surface area contributed by atoms with Crippen LogP contribution in [0.15, 0.2) is 0 Å². The van der Waals surface area contributed by atoms with Gasteiger partial charge in [-0.05, 0) is 19.3 Å². The first kappa shape index (κ1) is 15.8. The lowest BCUT2D eigenvalue weighted by molar-refractivity contribution is -0.155. The minimum absolute atomic E-state index is 0.00295. The van der Waals surface area contributed by atoms with Crippen molar-refractivity contribution in [3.05, 3.63) is 0 Å². The lowest BCUT2D eigenvalue weighted by Crippen LogP contribution is -2.48. The van der Waals surface area contributed by atoms with E-state index < -0.39 is 11.4 Å². The molecule has 0 aliphatic carbocycles. The maximum atomic E-state index is 12.4. The Balaban J connectivity index is 1.96. The van der Waals surface area contributed by atoms with Gasteiger partial charge in [-0.1, -0.05) is 13.3 Å². The molecule has 2 amide bonds. The van der Waals surface area contributed by atoms with Crippen molar-refractivity contribution in [2.75, 3.05) is 26.7 Å². The molecule has 1 atom stereocenters. The van der Waals surface area contributed by atoms with Crippen LogP contribution in [-0.4, -0.2) is 59.4 Å². The number of hydrogen-bond acceptors (Lipinski definition) is 3. The summed E-state index contributed by atoms with van der Waals surface area (Å²) in [5, 5.41) is 9.47. The fourth-order valence-corrected chi connectivity index (χ4v) is 3.49. The topological polar surface area (TPSA) is 77.9 Å². The van der Waals surface area contributed by atoms with E-state index >= 15 is 0 Å². The molecule has 6 nitrogen and oxygen atoms in total. The average Bonchev–Trinajstić information content (AvgIpc) is 2.79. The highest BCUT2D eigenvalue weighted by molar-refractivity contribution is 5.89. The van der Waals surface area contributed by atoms with Gasteiger partial charge in [0.2, 0.25) is 11.8 Å². The third kappa shape index (κ3) is 3.04. The van der Waals surface area contributed by atoms with Crippen LogP contribution >= 0.6 is 0 Å². The second kappa shape index (κ2) is 6.03. The maximum absolute atomic E-state index is 12.4. The number of carboxylic acids is 1. The minimum Gasteiger partial charge on any atom is -0.481 e. The number of nitrogens with zero attached hydrogens (tertiary/aromatic N) is 2. The van der Waals surface area contributed by atoms with Gasteiger partial charge in [0.05, 0.1) is 11.3 Å². The first-order chi connectivity index (χ1) is 9.89. The van der Waals surface area contributed by atoms with E-state index in [9.17, 15) is 19.5 Å². The summed E-state index contributed by atoms with van der Waals surface area (Å²) in [5.74, 6) is -0.988. The van der Waals surface area contributed by atoms with Gasteiger partial charge in [0.1, 0.15) is 0 Å². The van der Waals surface area contributed by atoms with Gasteiger partial charge in [-0.2, -0.15) is 0 Å². The molecule has 6 heteroatoms. The molecule has 1 unspecified atom stereocenters. The summed E-state index contributed by atoms with van der Waals surface area (Å²) in [6.45, 7) is 3.44. The number of aliphatic carboxylic acids is 1. The number of hydrogen-bond donors (Lipinski definition) is 1. The molecule has 1 N–H and O–H groups in total. The number of carboxylic acid groups (broad SMARTS) is 1. The van der Waals surface area contributed by atoms with E-state index in [1.807, 2.05) is 6.92 Å². The average molecular weight is 296 g/mol. The molecule has 2 aliphatic heterocycles. The maximum Gasteiger partial charge on any atom is 0.309 e. The SMILES string of the molecule is CCCC1(C(=O)O)CCN(C(=O)C2CC(=O)N(C)C2)CC1. The highest BCUT2D eigenvalue weighted by Crippen LogP contribution is 2.37. The van der Waals surface area contributed by atoms with Crippen LogP contribution in [0, 0.1) is 11.3 Å². The predicted molar refractivity (Wildman–Crippen MR) is 76.5 cm³/mol. The Bertz CT molecular complexity index is 441. The normalized spacial score (nSPS) is 25.2. The Kier molecular flexibility index (Phi) is 4.54. The quantitative estimate of drug-likeness (QED) is 0.838. The Morgan fingerprint density at radius 1 is 1.33 bits per heavy atom. The van der Waals surface area contributed by atoms with Gasteiger partial charge >= 0.3 is 5.97 Å². The van der Waals surface area contributed by atoms with Crippen molar-refractivity contribution in [2.45, 2.75) is 39.0 Å². The van der Waals surface area contributed by atoms with Crippen LogP contribution < -0.4 is 0 Å². The first-order valence-electron chi connectivity index (χ1n) is 7.66. The summed E-state index contributed by atoms with van der Waals surface area (Å²) < 4.78 is 0. The number of carbonyl (C=O) groups is 3. The van der Waals surface area contributed by atoms with Crippen LogP contribution in [0.2, 0.25) is 0 Å². The van der Waals surface area contributed by atoms with E-state index in [1.54, 1.807) is 16.8 Å². The molecule has 2 fully saturated rings. The number of amides is 2. The molecule has 2 heterocycles. The number of piperidine rings is 1. The Morgan fingerprint density at radius 3 is 2.38 bits per heavy atom. The van der Waals surface area contributed by atoms with Crippen LogP contribution in [-0.2, 0) is 14.4 Å². The molecule has 0 aromatic rings.